The van der Waals surface area contributed by atoms with Crippen molar-refractivity contribution >= 4 is 11.8 Å². The molecule has 0 spiro atoms. The van der Waals surface area contributed by atoms with Crippen LogP contribution < -0.4 is 5.32 Å². The zero-order valence-electron chi connectivity index (χ0n) is 11.4. The molecule has 3 fully saturated rings. The number of piperazine rings is 1. The molecule has 0 aromatic heterocycles. The number of amides is 2. The number of hydrogen-bond acceptors (Lipinski definition) is 4. The number of likely N-dealkylation sites (tertiary alicyclic amines) is 1. The first-order valence-electron chi connectivity index (χ1n) is 7.55. The molecule has 5 nitrogen and oxygen atoms in total. The molecular formula is C14H23N3O2. The molecule has 3 aliphatic rings. The first kappa shape index (κ1) is 13.1. The summed E-state index contributed by atoms with van der Waals surface area (Å²) in [5, 5.41) is 3.33. The number of fused-ring (bicyclic) bond motifs is 1. The molecule has 1 N–H and O–H groups in total. The van der Waals surface area contributed by atoms with Gasteiger partial charge in [-0.25, -0.2) is 0 Å². The van der Waals surface area contributed by atoms with E-state index in [0.717, 1.165) is 58.4 Å². The fraction of sp³-hybridized carbons (Fsp3) is 0.857. The van der Waals surface area contributed by atoms with Gasteiger partial charge < -0.3 is 10.2 Å². The van der Waals surface area contributed by atoms with Gasteiger partial charge in [-0.05, 0) is 25.8 Å². The number of hydrogen-bond donors (Lipinski definition) is 1. The molecule has 0 radical (unpaired) electrons. The van der Waals surface area contributed by atoms with Gasteiger partial charge in [0.25, 0.3) is 0 Å². The van der Waals surface area contributed by atoms with Crippen molar-refractivity contribution in [3.05, 3.63) is 0 Å². The lowest BCUT2D eigenvalue weighted by atomic mass is 10.00. The summed E-state index contributed by atoms with van der Waals surface area (Å²) in [6, 6.07) is 0. The molecule has 2 atom stereocenters. The van der Waals surface area contributed by atoms with E-state index in [4.69, 9.17) is 0 Å². The largest absolute Gasteiger partial charge is 0.314 e. The van der Waals surface area contributed by atoms with E-state index in [1.807, 2.05) is 0 Å². The summed E-state index contributed by atoms with van der Waals surface area (Å²) >= 11 is 0. The minimum Gasteiger partial charge on any atom is -0.314 e. The Morgan fingerprint density at radius 3 is 2.26 bits per heavy atom. The molecule has 0 aromatic rings. The van der Waals surface area contributed by atoms with Crippen LogP contribution in [-0.4, -0.2) is 60.9 Å². The quantitative estimate of drug-likeness (QED) is 0.731. The van der Waals surface area contributed by atoms with Crippen LogP contribution in [0.3, 0.4) is 0 Å². The predicted molar refractivity (Wildman–Crippen MR) is 71.5 cm³/mol. The summed E-state index contributed by atoms with van der Waals surface area (Å²) in [4.78, 5) is 28.3. The Morgan fingerprint density at radius 1 is 1.00 bits per heavy atom. The third kappa shape index (κ3) is 2.54. The topological polar surface area (TPSA) is 52.7 Å². The molecule has 2 unspecified atom stereocenters. The highest BCUT2D eigenvalue weighted by Gasteiger charge is 2.49. The second-order valence-corrected chi connectivity index (χ2v) is 5.92. The molecule has 5 heteroatoms. The van der Waals surface area contributed by atoms with Crippen LogP contribution in [0.5, 0.6) is 0 Å². The average Bonchev–Trinajstić information content (AvgIpc) is 2.99. The molecule has 106 valence electrons. The van der Waals surface area contributed by atoms with E-state index >= 15 is 0 Å². The number of carbonyl (C=O) groups excluding carboxylic acids is 2. The molecule has 2 aliphatic heterocycles. The molecule has 19 heavy (non-hydrogen) atoms. The normalized spacial score (nSPS) is 32.1. The number of rotatable bonds is 4. The maximum Gasteiger partial charge on any atom is 0.233 e. The summed E-state index contributed by atoms with van der Waals surface area (Å²) in [6.07, 6.45) is 3.80. The summed E-state index contributed by atoms with van der Waals surface area (Å²) in [5.74, 6) is 0.249. The van der Waals surface area contributed by atoms with Crippen molar-refractivity contribution in [1.82, 2.24) is 15.1 Å². The minimum absolute atomic E-state index is 0.0201. The molecule has 2 saturated heterocycles. The van der Waals surface area contributed by atoms with E-state index in [2.05, 4.69) is 10.2 Å². The Hall–Kier alpha value is -0.940. The highest BCUT2D eigenvalue weighted by molar-refractivity contribution is 6.05. The molecule has 0 bridgehead atoms. The Bertz CT molecular complexity index is 344. The van der Waals surface area contributed by atoms with Gasteiger partial charge in [-0.2, -0.15) is 0 Å². The second kappa shape index (κ2) is 5.59. The zero-order chi connectivity index (χ0) is 13.2. The number of nitrogens with zero attached hydrogens (tertiary/aromatic N) is 2. The van der Waals surface area contributed by atoms with Crippen molar-refractivity contribution in [1.29, 1.82) is 0 Å². The predicted octanol–water partition coefficient (Wildman–Crippen LogP) is 0.0668. The van der Waals surface area contributed by atoms with Crippen LogP contribution >= 0.6 is 0 Å². The summed E-state index contributed by atoms with van der Waals surface area (Å²) in [7, 11) is 0. The van der Waals surface area contributed by atoms with Crippen LogP contribution in [0.15, 0.2) is 0 Å². The lowest BCUT2D eigenvalue weighted by Gasteiger charge is -2.27. The number of nitrogens with one attached hydrogen (secondary N) is 1. The van der Waals surface area contributed by atoms with Crippen LogP contribution in [0.1, 0.15) is 25.7 Å². The van der Waals surface area contributed by atoms with Crippen molar-refractivity contribution in [2.24, 2.45) is 11.8 Å². The zero-order valence-corrected chi connectivity index (χ0v) is 11.4. The van der Waals surface area contributed by atoms with Gasteiger partial charge in [0.2, 0.25) is 11.8 Å². The monoisotopic (exact) mass is 265 g/mol. The highest BCUT2D eigenvalue weighted by atomic mass is 16.2. The summed E-state index contributed by atoms with van der Waals surface area (Å²) in [6.45, 7) is 5.86. The maximum atomic E-state index is 12.2. The van der Waals surface area contributed by atoms with Gasteiger partial charge in [0, 0.05) is 32.7 Å². The molecule has 2 heterocycles. The van der Waals surface area contributed by atoms with Crippen LogP contribution in [0.4, 0.5) is 0 Å². The fourth-order valence-corrected chi connectivity index (χ4v) is 3.67. The molecule has 0 aromatic carbocycles. The lowest BCUT2D eigenvalue weighted by Crippen LogP contribution is -2.44. The van der Waals surface area contributed by atoms with E-state index in [-0.39, 0.29) is 23.7 Å². The smallest absolute Gasteiger partial charge is 0.233 e. The highest BCUT2D eigenvalue weighted by Crippen LogP contribution is 2.39. The third-order valence-electron chi connectivity index (χ3n) is 4.75. The molecule has 1 saturated carbocycles. The molecule has 2 amide bonds. The van der Waals surface area contributed by atoms with Crippen LogP contribution in [0, 0.1) is 11.8 Å². The number of imide groups is 1. The van der Waals surface area contributed by atoms with E-state index < -0.39 is 0 Å². The van der Waals surface area contributed by atoms with Gasteiger partial charge in [-0.3, -0.25) is 14.5 Å². The second-order valence-electron chi connectivity index (χ2n) is 5.92. The van der Waals surface area contributed by atoms with Gasteiger partial charge in [-0.1, -0.05) is 6.42 Å². The van der Waals surface area contributed by atoms with Crippen molar-refractivity contribution < 1.29 is 9.59 Å². The Labute approximate surface area is 114 Å². The van der Waals surface area contributed by atoms with E-state index in [1.165, 1.54) is 4.90 Å². The summed E-state index contributed by atoms with van der Waals surface area (Å²) in [5.41, 5.74) is 0. The van der Waals surface area contributed by atoms with Crippen molar-refractivity contribution in [3.63, 3.8) is 0 Å². The summed E-state index contributed by atoms with van der Waals surface area (Å²) < 4.78 is 0. The van der Waals surface area contributed by atoms with Crippen LogP contribution in [0.25, 0.3) is 0 Å². The van der Waals surface area contributed by atoms with Crippen molar-refractivity contribution in [3.8, 4) is 0 Å². The van der Waals surface area contributed by atoms with Gasteiger partial charge >= 0.3 is 0 Å². The van der Waals surface area contributed by atoms with E-state index in [0.29, 0.717) is 6.54 Å². The fourth-order valence-electron chi connectivity index (χ4n) is 3.67. The Morgan fingerprint density at radius 2 is 1.63 bits per heavy atom. The van der Waals surface area contributed by atoms with E-state index in [1.54, 1.807) is 0 Å². The van der Waals surface area contributed by atoms with E-state index in [9.17, 15) is 9.59 Å². The van der Waals surface area contributed by atoms with Crippen LogP contribution in [0.2, 0.25) is 0 Å². The third-order valence-corrected chi connectivity index (χ3v) is 4.75. The molecule has 3 rings (SSSR count). The average molecular weight is 265 g/mol. The Kier molecular flexibility index (Phi) is 3.84. The standard InChI is InChI=1S/C14H23N3O2/c18-13-11-3-1-4-12(11)14(19)17(13)8-2-7-16-9-5-15-6-10-16/h11-12,15H,1-10H2. The minimum atomic E-state index is 0.0201. The van der Waals surface area contributed by atoms with Crippen molar-refractivity contribution in [2.75, 3.05) is 39.3 Å². The lowest BCUT2D eigenvalue weighted by molar-refractivity contribution is -0.140. The SMILES string of the molecule is O=C1C2CCCC2C(=O)N1CCCN1CCNCC1. The van der Waals surface area contributed by atoms with Crippen LogP contribution in [-0.2, 0) is 9.59 Å². The first-order valence-corrected chi connectivity index (χ1v) is 7.55. The van der Waals surface area contributed by atoms with Gasteiger partial charge in [-0.15, -0.1) is 0 Å². The number of carbonyl (C=O) groups is 2. The molecular weight excluding hydrogens is 242 g/mol. The molecule has 1 aliphatic carbocycles. The Balaban J connectivity index is 1.47. The van der Waals surface area contributed by atoms with Crippen molar-refractivity contribution in [2.45, 2.75) is 25.7 Å². The van der Waals surface area contributed by atoms with Gasteiger partial charge in [0.15, 0.2) is 0 Å². The maximum absolute atomic E-state index is 12.2. The first-order chi connectivity index (χ1) is 9.27. The van der Waals surface area contributed by atoms with Gasteiger partial charge in [0.1, 0.15) is 0 Å². The van der Waals surface area contributed by atoms with Gasteiger partial charge in [0.05, 0.1) is 11.8 Å².